The van der Waals surface area contributed by atoms with E-state index in [0.29, 0.717) is 19.5 Å². The van der Waals surface area contributed by atoms with Crippen molar-refractivity contribution in [2.75, 3.05) is 19.3 Å². The SMILES string of the molecule is Cc1cccc(C)c1C(=O)CC1CCCN(S(C)(=O)=O)C1. The van der Waals surface area contributed by atoms with Crippen molar-refractivity contribution in [3.63, 3.8) is 0 Å². The van der Waals surface area contributed by atoms with Crippen molar-refractivity contribution in [1.82, 2.24) is 4.31 Å². The van der Waals surface area contributed by atoms with Gasteiger partial charge in [-0.2, -0.15) is 0 Å². The normalized spacial score (nSPS) is 20.4. The molecule has 0 aliphatic carbocycles. The first-order valence-corrected chi connectivity index (χ1v) is 9.18. The topological polar surface area (TPSA) is 54.5 Å². The van der Waals surface area contributed by atoms with Crippen molar-refractivity contribution >= 4 is 15.8 Å². The summed E-state index contributed by atoms with van der Waals surface area (Å²) in [4.78, 5) is 12.5. The Balaban J connectivity index is 2.10. The lowest BCUT2D eigenvalue weighted by Crippen LogP contribution is -2.39. The van der Waals surface area contributed by atoms with E-state index in [0.717, 1.165) is 29.5 Å². The predicted octanol–water partition coefficient (Wildman–Crippen LogP) is 2.55. The lowest BCUT2D eigenvalue weighted by molar-refractivity contribution is 0.0941. The number of aryl methyl sites for hydroxylation is 2. The average Bonchev–Trinajstić information content (AvgIpc) is 2.37. The molecule has 0 saturated carbocycles. The number of carbonyl (C=O) groups is 1. The zero-order valence-electron chi connectivity index (χ0n) is 12.9. The largest absolute Gasteiger partial charge is 0.294 e. The van der Waals surface area contributed by atoms with Gasteiger partial charge in [0.1, 0.15) is 0 Å². The van der Waals surface area contributed by atoms with Gasteiger partial charge in [-0.1, -0.05) is 18.2 Å². The van der Waals surface area contributed by atoms with E-state index in [2.05, 4.69) is 0 Å². The van der Waals surface area contributed by atoms with Crippen LogP contribution in [0.3, 0.4) is 0 Å². The third kappa shape index (κ3) is 3.92. The molecule has 1 aliphatic rings. The summed E-state index contributed by atoms with van der Waals surface area (Å²) in [6, 6.07) is 5.85. The lowest BCUT2D eigenvalue weighted by atomic mass is 9.89. The highest BCUT2D eigenvalue weighted by Gasteiger charge is 2.28. The number of nitrogens with zero attached hydrogens (tertiary/aromatic N) is 1. The smallest absolute Gasteiger partial charge is 0.211 e. The summed E-state index contributed by atoms with van der Waals surface area (Å²) >= 11 is 0. The molecular formula is C16H23NO3S. The summed E-state index contributed by atoms with van der Waals surface area (Å²) in [7, 11) is -3.15. The van der Waals surface area contributed by atoms with E-state index in [-0.39, 0.29) is 11.7 Å². The second-order valence-corrected chi connectivity index (χ2v) is 8.01. The van der Waals surface area contributed by atoms with E-state index in [9.17, 15) is 13.2 Å². The first kappa shape index (κ1) is 16.2. The molecule has 0 N–H and O–H groups in total. The number of carbonyl (C=O) groups excluding carboxylic acids is 1. The molecule has 1 aromatic rings. The predicted molar refractivity (Wildman–Crippen MR) is 84.0 cm³/mol. The molecule has 116 valence electrons. The van der Waals surface area contributed by atoms with Crippen LogP contribution in [0.25, 0.3) is 0 Å². The van der Waals surface area contributed by atoms with Crippen LogP contribution in [-0.4, -0.2) is 37.9 Å². The van der Waals surface area contributed by atoms with Gasteiger partial charge in [-0.15, -0.1) is 0 Å². The van der Waals surface area contributed by atoms with E-state index in [1.807, 2.05) is 32.0 Å². The van der Waals surface area contributed by atoms with E-state index >= 15 is 0 Å². The van der Waals surface area contributed by atoms with Crippen molar-refractivity contribution < 1.29 is 13.2 Å². The van der Waals surface area contributed by atoms with Gasteiger partial charge in [0.15, 0.2) is 5.78 Å². The molecular weight excluding hydrogens is 286 g/mol. The van der Waals surface area contributed by atoms with Crippen LogP contribution in [0, 0.1) is 19.8 Å². The number of hydrogen-bond donors (Lipinski definition) is 0. The quantitative estimate of drug-likeness (QED) is 0.803. The third-order valence-corrected chi connectivity index (χ3v) is 5.45. The molecule has 1 atom stereocenters. The molecule has 1 heterocycles. The third-order valence-electron chi connectivity index (χ3n) is 4.18. The standard InChI is InChI=1S/C16H23NO3S/c1-12-6-4-7-13(2)16(12)15(18)10-14-8-5-9-17(11-14)21(3,19)20/h4,6-7,14H,5,8-11H2,1-3H3. The summed E-state index contributed by atoms with van der Waals surface area (Å²) in [5, 5.41) is 0. The second-order valence-electron chi connectivity index (χ2n) is 6.02. The van der Waals surface area contributed by atoms with Crippen LogP contribution < -0.4 is 0 Å². The Morgan fingerprint density at radius 1 is 1.29 bits per heavy atom. The minimum atomic E-state index is -3.15. The summed E-state index contributed by atoms with van der Waals surface area (Å²) in [5.41, 5.74) is 2.79. The molecule has 1 aromatic carbocycles. The van der Waals surface area contributed by atoms with Crippen LogP contribution in [0.1, 0.15) is 40.7 Å². The van der Waals surface area contributed by atoms with Crippen LogP contribution in [0.4, 0.5) is 0 Å². The van der Waals surface area contributed by atoms with Gasteiger partial charge in [-0.3, -0.25) is 4.79 Å². The van der Waals surface area contributed by atoms with Crippen LogP contribution in [0.15, 0.2) is 18.2 Å². The monoisotopic (exact) mass is 309 g/mol. The van der Waals surface area contributed by atoms with Gasteiger partial charge in [0, 0.05) is 25.1 Å². The molecule has 0 amide bonds. The molecule has 0 bridgehead atoms. The van der Waals surface area contributed by atoms with E-state index in [4.69, 9.17) is 0 Å². The van der Waals surface area contributed by atoms with Crippen LogP contribution in [-0.2, 0) is 10.0 Å². The highest BCUT2D eigenvalue weighted by molar-refractivity contribution is 7.88. The lowest BCUT2D eigenvalue weighted by Gasteiger charge is -2.30. The van der Waals surface area contributed by atoms with Crippen LogP contribution >= 0.6 is 0 Å². The highest BCUT2D eigenvalue weighted by Crippen LogP contribution is 2.25. The minimum Gasteiger partial charge on any atom is -0.294 e. The fourth-order valence-electron chi connectivity index (χ4n) is 3.11. The first-order valence-electron chi connectivity index (χ1n) is 7.33. The maximum Gasteiger partial charge on any atom is 0.211 e. The van der Waals surface area contributed by atoms with Crippen molar-refractivity contribution in [1.29, 1.82) is 0 Å². The van der Waals surface area contributed by atoms with Crippen molar-refractivity contribution in [2.45, 2.75) is 33.1 Å². The molecule has 2 rings (SSSR count). The van der Waals surface area contributed by atoms with E-state index in [1.54, 1.807) is 0 Å². The highest BCUT2D eigenvalue weighted by atomic mass is 32.2. The minimum absolute atomic E-state index is 0.125. The number of sulfonamides is 1. The number of piperidine rings is 1. The van der Waals surface area contributed by atoms with E-state index in [1.165, 1.54) is 10.6 Å². The van der Waals surface area contributed by atoms with Crippen LogP contribution in [0.5, 0.6) is 0 Å². The molecule has 1 unspecified atom stereocenters. The zero-order valence-corrected chi connectivity index (χ0v) is 13.7. The van der Waals surface area contributed by atoms with Gasteiger partial charge >= 0.3 is 0 Å². The van der Waals surface area contributed by atoms with Gasteiger partial charge < -0.3 is 0 Å². The van der Waals surface area contributed by atoms with Gasteiger partial charge in [0.05, 0.1) is 6.26 Å². The maximum absolute atomic E-state index is 12.5. The Labute approximate surface area is 127 Å². The maximum atomic E-state index is 12.5. The average molecular weight is 309 g/mol. The van der Waals surface area contributed by atoms with E-state index < -0.39 is 10.0 Å². The zero-order chi connectivity index (χ0) is 15.6. The van der Waals surface area contributed by atoms with Crippen molar-refractivity contribution in [3.05, 3.63) is 34.9 Å². The van der Waals surface area contributed by atoms with Gasteiger partial charge in [-0.05, 0) is 43.7 Å². The Hall–Kier alpha value is -1.20. The second kappa shape index (κ2) is 6.28. The fraction of sp³-hybridized carbons (Fsp3) is 0.562. The Kier molecular flexibility index (Phi) is 4.84. The van der Waals surface area contributed by atoms with Gasteiger partial charge in [0.25, 0.3) is 0 Å². The number of benzene rings is 1. The van der Waals surface area contributed by atoms with Crippen LogP contribution in [0.2, 0.25) is 0 Å². The number of Topliss-reactive ketones (excluding diaryl/α,β-unsaturated/α-hetero) is 1. The molecule has 21 heavy (non-hydrogen) atoms. The molecule has 1 aliphatic heterocycles. The molecule has 0 aromatic heterocycles. The molecule has 0 spiro atoms. The van der Waals surface area contributed by atoms with Crippen molar-refractivity contribution in [3.8, 4) is 0 Å². The number of hydrogen-bond acceptors (Lipinski definition) is 3. The van der Waals surface area contributed by atoms with Gasteiger partial charge in [0.2, 0.25) is 10.0 Å². The Bertz CT molecular complexity index is 617. The molecule has 4 nitrogen and oxygen atoms in total. The Morgan fingerprint density at radius 3 is 2.48 bits per heavy atom. The Morgan fingerprint density at radius 2 is 1.90 bits per heavy atom. The first-order chi connectivity index (χ1) is 9.79. The van der Waals surface area contributed by atoms with Gasteiger partial charge in [-0.25, -0.2) is 12.7 Å². The molecule has 1 saturated heterocycles. The fourth-order valence-corrected chi connectivity index (χ4v) is 4.06. The van der Waals surface area contributed by atoms with Crippen molar-refractivity contribution in [2.24, 2.45) is 5.92 Å². The molecule has 5 heteroatoms. The molecule has 0 radical (unpaired) electrons. The number of ketones is 1. The molecule has 1 fully saturated rings. The summed E-state index contributed by atoms with van der Waals surface area (Å²) < 4.78 is 24.8. The summed E-state index contributed by atoms with van der Waals surface area (Å²) in [5.74, 6) is 0.255. The summed E-state index contributed by atoms with van der Waals surface area (Å²) in [6.07, 6.45) is 3.42. The summed E-state index contributed by atoms with van der Waals surface area (Å²) in [6.45, 7) is 4.94. The number of rotatable bonds is 4.